The van der Waals surface area contributed by atoms with Crippen LogP contribution >= 0.6 is 0 Å². The molecule has 4 rings (SSSR count). The smallest absolute Gasteiger partial charge is 0.416 e. The van der Waals surface area contributed by atoms with Gasteiger partial charge in [0.15, 0.2) is 0 Å². The Morgan fingerprint density at radius 3 is 2.43 bits per heavy atom. The van der Waals surface area contributed by atoms with Crippen LogP contribution in [-0.4, -0.2) is 57.7 Å². The van der Waals surface area contributed by atoms with Crippen LogP contribution in [0.25, 0.3) is 10.9 Å². The maximum atomic E-state index is 13.9. The van der Waals surface area contributed by atoms with Crippen molar-refractivity contribution in [1.29, 1.82) is 0 Å². The standard InChI is InChI=1S/C25H24F4N4O4/c1-14-30-21-10-20(25(27,28)29)16(9-19(21)24(37)33(14)13-22(34)35)11-31(2)18-5-3-15(4-6-18)23(36)32-8-7-17(26)12-32/h3-6,9-10,17H,7-8,11-13H2,1-2H3,(H,34,35). The number of fused-ring (bicyclic) bond motifs is 1. The molecule has 1 amide bonds. The summed E-state index contributed by atoms with van der Waals surface area (Å²) in [5.74, 6) is -1.61. The molecule has 1 fully saturated rings. The average Bonchev–Trinajstić information content (AvgIpc) is 3.27. The summed E-state index contributed by atoms with van der Waals surface area (Å²) in [5.41, 5.74) is -1.23. The van der Waals surface area contributed by atoms with Gasteiger partial charge in [0.05, 0.1) is 23.0 Å². The molecule has 12 heteroatoms. The number of benzene rings is 2. The van der Waals surface area contributed by atoms with Gasteiger partial charge in [0.2, 0.25) is 0 Å². The van der Waals surface area contributed by atoms with Gasteiger partial charge in [-0.2, -0.15) is 13.2 Å². The van der Waals surface area contributed by atoms with Crippen LogP contribution in [0.2, 0.25) is 0 Å². The molecule has 0 radical (unpaired) electrons. The molecule has 0 aliphatic carbocycles. The van der Waals surface area contributed by atoms with Crippen LogP contribution in [0.5, 0.6) is 0 Å². The van der Waals surface area contributed by atoms with Gasteiger partial charge in [0, 0.05) is 31.4 Å². The molecule has 1 aromatic heterocycles. The molecule has 1 N–H and O–H groups in total. The highest BCUT2D eigenvalue weighted by atomic mass is 19.4. The van der Waals surface area contributed by atoms with Crippen molar-refractivity contribution < 1.29 is 32.3 Å². The lowest BCUT2D eigenvalue weighted by molar-refractivity contribution is -0.138. The van der Waals surface area contributed by atoms with Crippen molar-refractivity contribution in [3.05, 3.63) is 69.3 Å². The van der Waals surface area contributed by atoms with Crippen LogP contribution in [0.4, 0.5) is 23.2 Å². The van der Waals surface area contributed by atoms with E-state index in [1.807, 2.05) is 0 Å². The lowest BCUT2D eigenvalue weighted by atomic mass is 10.0. The summed E-state index contributed by atoms with van der Waals surface area (Å²) in [6, 6.07) is 8.11. The molecule has 1 saturated heterocycles. The van der Waals surface area contributed by atoms with E-state index >= 15 is 0 Å². The maximum absolute atomic E-state index is 13.9. The SMILES string of the molecule is Cc1nc2cc(C(F)(F)F)c(CN(C)c3ccc(C(=O)N4CCC(F)C4)cc3)cc2c(=O)n1CC(=O)O. The Balaban J connectivity index is 1.66. The number of amides is 1. The van der Waals surface area contributed by atoms with Gasteiger partial charge in [0.1, 0.15) is 18.5 Å². The van der Waals surface area contributed by atoms with Gasteiger partial charge >= 0.3 is 12.1 Å². The minimum Gasteiger partial charge on any atom is -0.480 e. The molecular formula is C25H24F4N4O4. The van der Waals surface area contributed by atoms with E-state index in [1.54, 1.807) is 19.2 Å². The van der Waals surface area contributed by atoms with Gasteiger partial charge in [-0.05, 0) is 55.3 Å². The fraction of sp³-hybridized carbons (Fsp3) is 0.360. The summed E-state index contributed by atoms with van der Waals surface area (Å²) in [4.78, 5) is 43.5. The third-order valence-electron chi connectivity index (χ3n) is 6.35. The highest BCUT2D eigenvalue weighted by Gasteiger charge is 2.34. The fourth-order valence-corrected chi connectivity index (χ4v) is 4.43. The molecule has 1 aliphatic heterocycles. The van der Waals surface area contributed by atoms with Gasteiger partial charge in [-0.15, -0.1) is 0 Å². The lowest BCUT2D eigenvalue weighted by Gasteiger charge is -2.23. The molecule has 0 bridgehead atoms. The number of alkyl halides is 4. The number of aromatic nitrogens is 2. The van der Waals surface area contributed by atoms with E-state index in [0.29, 0.717) is 17.8 Å². The number of carboxylic acid groups (broad SMARTS) is 1. The van der Waals surface area contributed by atoms with Gasteiger partial charge in [-0.25, -0.2) is 9.37 Å². The molecule has 0 saturated carbocycles. The Hall–Kier alpha value is -3.96. The minimum atomic E-state index is -4.73. The summed E-state index contributed by atoms with van der Waals surface area (Å²) in [6.07, 6.45) is -5.49. The van der Waals surface area contributed by atoms with Crippen molar-refractivity contribution in [3.63, 3.8) is 0 Å². The van der Waals surface area contributed by atoms with Crippen molar-refractivity contribution in [2.45, 2.75) is 38.8 Å². The Labute approximate surface area is 208 Å². The number of aliphatic carboxylic acids is 1. The van der Waals surface area contributed by atoms with Crippen LogP contribution in [0, 0.1) is 6.92 Å². The van der Waals surface area contributed by atoms with E-state index in [9.17, 15) is 31.9 Å². The lowest BCUT2D eigenvalue weighted by Crippen LogP contribution is -2.29. The van der Waals surface area contributed by atoms with E-state index in [-0.39, 0.29) is 47.7 Å². The van der Waals surface area contributed by atoms with Crippen molar-refractivity contribution in [2.24, 2.45) is 0 Å². The molecule has 1 unspecified atom stereocenters. The van der Waals surface area contributed by atoms with Gasteiger partial charge in [0.25, 0.3) is 11.5 Å². The topological polar surface area (TPSA) is 95.7 Å². The van der Waals surface area contributed by atoms with Crippen LogP contribution in [-0.2, 0) is 24.1 Å². The first-order valence-corrected chi connectivity index (χ1v) is 11.4. The molecule has 3 aromatic rings. The minimum absolute atomic E-state index is 0.0107. The number of carboxylic acids is 1. The number of carbonyl (C=O) groups is 2. The molecule has 1 aliphatic rings. The number of likely N-dealkylation sites (tertiary alicyclic amines) is 1. The predicted molar refractivity (Wildman–Crippen MR) is 127 cm³/mol. The van der Waals surface area contributed by atoms with E-state index in [1.165, 1.54) is 28.9 Å². The highest BCUT2D eigenvalue weighted by molar-refractivity contribution is 5.94. The third-order valence-corrected chi connectivity index (χ3v) is 6.35. The zero-order valence-electron chi connectivity index (χ0n) is 20.0. The van der Waals surface area contributed by atoms with Crippen molar-refractivity contribution >= 4 is 28.5 Å². The third kappa shape index (κ3) is 5.42. The first kappa shape index (κ1) is 26.1. The zero-order chi connectivity index (χ0) is 27.1. The normalized spacial score (nSPS) is 15.8. The van der Waals surface area contributed by atoms with Crippen LogP contribution in [0.1, 0.15) is 33.7 Å². The molecule has 0 spiro atoms. The summed E-state index contributed by atoms with van der Waals surface area (Å²) < 4.78 is 56.1. The number of anilines is 1. The van der Waals surface area contributed by atoms with Gasteiger partial charge in [-0.3, -0.25) is 19.0 Å². The van der Waals surface area contributed by atoms with Crippen molar-refractivity contribution in [1.82, 2.24) is 14.5 Å². The molecule has 8 nitrogen and oxygen atoms in total. The highest BCUT2D eigenvalue weighted by Crippen LogP contribution is 2.35. The van der Waals surface area contributed by atoms with E-state index in [0.717, 1.165) is 16.7 Å². The zero-order valence-corrected chi connectivity index (χ0v) is 20.0. The number of halogens is 4. The van der Waals surface area contributed by atoms with E-state index in [4.69, 9.17) is 5.11 Å². The monoisotopic (exact) mass is 520 g/mol. The fourth-order valence-electron chi connectivity index (χ4n) is 4.43. The molecule has 37 heavy (non-hydrogen) atoms. The second-order valence-electron chi connectivity index (χ2n) is 9.01. The number of hydrogen-bond donors (Lipinski definition) is 1. The summed E-state index contributed by atoms with van der Waals surface area (Å²) in [6.45, 7) is 0.808. The van der Waals surface area contributed by atoms with Gasteiger partial charge < -0.3 is 14.9 Å². The molecule has 1 atom stereocenters. The maximum Gasteiger partial charge on any atom is 0.416 e. The first-order valence-electron chi connectivity index (χ1n) is 11.4. The Morgan fingerprint density at radius 2 is 1.86 bits per heavy atom. The van der Waals surface area contributed by atoms with Crippen LogP contribution in [0.3, 0.4) is 0 Å². The number of aryl methyl sites for hydroxylation is 1. The molecular weight excluding hydrogens is 496 g/mol. The Morgan fingerprint density at radius 1 is 1.19 bits per heavy atom. The van der Waals surface area contributed by atoms with Crippen molar-refractivity contribution in [3.8, 4) is 0 Å². The predicted octanol–water partition coefficient (Wildman–Crippen LogP) is 3.63. The van der Waals surface area contributed by atoms with E-state index < -0.39 is 36.0 Å². The molecule has 2 heterocycles. The Kier molecular flexibility index (Phi) is 6.94. The number of nitrogens with zero attached hydrogens (tertiary/aromatic N) is 4. The quantitative estimate of drug-likeness (QED) is 0.499. The largest absolute Gasteiger partial charge is 0.480 e. The average molecular weight is 520 g/mol. The van der Waals surface area contributed by atoms with Crippen LogP contribution < -0.4 is 10.5 Å². The second kappa shape index (κ2) is 9.83. The molecule has 196 valence electrons. The number of rotatable bonds is 6. The molecule has 2 aromatic carbocycles. The van der Waals surface area contributed by atoms with Crippen molar-refractivity contribution in [2.75, 3.05) is 25.0 Å². The Bertz CT molecular complexity index is 1420. The summed E-state index contributed by atoms with van der Waals surface area (Å²) in [5, 5.41) is 8.96. The summed E-state index contributed by atoms with van der Waals surface area (Å²) in [7, 11) is 1.56. The summed E-state index contributed by atoms with van der Waals surface area (Å²) >= 11 is 0. The number of hydrogen-bond acceptors (Lipinski definition) is 5. The van der Waals surface area contributed by atoms with Crippen LogP contribution in [0.15, 0.2) is 41.2 Å². The van der Waals surface area contributed by atoms with Gasteiger partial charge in [-0.1, -0.05) is 0 Å². The number of carbonyl (C=O) groups excluding carboxylic acids is 1. The second-order valence-corrected chi connectivity index (χ2v) is 9.01. The van der Waals surface area contributed by atoms with E-state index in [2.05, 4.69) is 4.98 Å². The first-order chi connectivity index (χ1) is 17.3.